The molecule has 0 aliphatic carbocycles. The number of benzene rings is 2. The smallest absolute Gasteiger partial charge is 0.164 e. The van der Waals surface area contributed by atoms with Gasteiger partial charge in [-0.1, -0.05) is 55.0 Å². The largest absolute Gasteiger partial charge is 0.313 e. The van der Waals surface area contributed by atoms with Crippen LogP contribution in [0.4, 0.5) is 0 Å². The second-order valence-electron chi connectivity index (χ2n) is 6.24. The van der Waals surface area contributed by atoms with E-state index in [4.69, 9.17) is 0 Å². The van der Waals surface area contributed by atoms with E-state index in [0.29, 0.717) is 12.5 Å². The van der Waals surface area contributed by atoms with Gasteiger partial charge in [0.15, 0.2) is 5.78 Å². The first-order valence-electron chi connectivity index (χ1n) is 8.48. The van der Waals surface area contributed by atoms with Crippen molar-refractivity contribution in [2.45, 2.75) is 46.1 Å². The maximum absolute atomic E-state index is 12.4. The standard InChI is InChI=1S/C21H27NO/c1-4-19(15-18-8-6-5-7-9-18)22-13-12-21(23)20-14-16(2)10-11-17(20)3/h5-11,14,19,22H,4,12-13,15H2,1-3H3. The predicted octanol–water partition coefficient (Wildman–Crippen LogP) is 4.49. The van der Waals surface area contributed by atoms with Crippen molar-refractivity contribution in [1.82, 2.24) is 5.32 Å². The lowest BCUT2D eigenvalue weighted by molar-refractivity contribution is 0.0981. The third kappa shape index (κ3) is 5.33. The molecular formula is C21H27NO. The minimum atomic E-state index is 0.230. The molecule has 0 saturated carbocycles. The Bertz CT molecular complexity index is 634. The summed E-state index contributed by atoms with van der Waals surface area (Å²) in [6, 6.07) is 17.0. The molecule has 23 heavy (non-hydrogen) atoms. The molecule has 2 heteroatoms. The van der Waals surface area contributed by atoms with Crippen LogP contribution in [0.3, 0.4) is 0 Å². The zero-order chi connectivity index (χ0) is 16.7. The van der Waals surface area contributed by atoms with Gasteiger partial charge in [0, 0.05) is 24.6 Å². The zero-order valence-electron chi connectivity index (χ0n) is 14.4. The first kappa shape index (κ1) is 17.4. The Labute approximate surface area is 139 Å². The Morgan fingerprint density at radius 1 is 1.09 bits per heavy atom. The summed E-state index contributed by atoms with van der Waals surface area (Å²) in [6.45, 7) is 6.95. The number of carbonyl (C=O) groups is 1. The third-order valence-corrected chi connectivity index (χ3v) is 4.30. The molecule has 1 N–H and O–H groups in total. The van der Waals surface area contributed by atoms with Gasteiger partial charge in [0.1, 0.15) is 0 Å². The Balaban J connectivity index is 1.85. The highest BCUT2D eigenvalue weighted by atomic mass is 16.1. The van der Waals surface area contributed by atoms with Crippen molar-refractivity contribution in [3.05, 3.63) is 70.8 Å². The molecule has 0 saturated heterocycles. The number of carbonyl (C=O) groups excluding carboxylic acids is 1. The van der Waals surface area contributed by atoms with Gasteiger partial charge in [-0.15, -0.1) is 0 Å². The minimum absolute atomic E-state index is 0.230. The summed E-state index contributed by atoms with van der Waals surface area (Å²) in [6.07, 6.45) is 2.62. The summed E-state index contributed by atoms with van der Waals surface area (Å²) in [7, 11) is 0. The Morgan fingerprint density at radius 2 is 1.83 bits per heavy atom. The molecule has 122 valence electrons. The number of hydrogen-bond donors (Lipinski definition) is 1. The summed E-state index contributed by atoms with van der Waals surface area (Å²) in [5.41, 5.74) is 4.41. The number of ketones is 1. The van der Waals surface area contributed by atoms with Gasteiger partial charge in [-0.2, -0.15) is 0 Å². The van der Waals surface area contributed by atoms with Crippen LogP contribution in [-0.4, -0.2) is 18.4 Å². The maximum atomic E-state index is 12.4. The molecule has 0 bridgehead atoms. The molecule has 0 spiro atoms. The summed E-state index contributed by atoms with van der Waals surface area (Å²) < 4.78 is 0. The lowest BCUT2D eigenvalue weighted by atomic mass is 10.00. The van der Waals surface area contributed by atoms with E-state index in [-0.39, 0.29) is 5.78 Å². The van der Waals surface area contributed by atoms with Crippen molar-refractivity contribution in [2.24, 2.45) is 0 Å². The van der Waals surface area contributed by atoms with Crippen LogP contribution in [0.5, 0.6) is 0 Å². The highest BCUT2D eigenvalue weighted by Crippen LogP contribution is 2.13. The lowest BCUT2D eigenvalue weighted by Gasteiger charge is -2.17. The van der Waals surface area contributed by atoms with Crippen LogP contribution in [-0.2, 0) is 6.42 Å². The molecule has 2 rings (SSSR count). The minimum Gasteiger partial charge on any atom is -0.313 e. The van der Waals surface area contributed by atoms with Crippen LogP contribution in [0, 0.1) is 13.8 Å². The average molecular weight is 309 g/mol. The van der Waals surface area contributed by atoms with Gasteiger partial charge in [0.25, 0.3) is 0 Å². The van der Waals surface area contributed by atoms with Gasteiger partial charge in [-0.3, -0.25) is 4.79 Å². The van der Waals surface area contributed by atoms with Crippen molar-refractivity contribution in [3.63, 3.8) is 0 Å². The molecule has 2 aromatic carbocycles. The number of hydrogen-bond acceptors (Lipinski definition) is 2. The Morgan fingerprint density at radius 3 is 2.52 bits per heavy atom. The van der Waals surface area contributed by atoms with Gasteiger partial charge in [0.05, 0.1) is 0 Å². The molecule has 0 heterocycles. The highest BCUT2D eigenvalue weighted by Gasteiger charge is 2.11. The van der Waals surface area contributed by atoms with Crippen molar-refractivity contribution >= 4 is 5.78 Å². The lowest BCUT2D eigenvalue weighted by Crippen LogP contribution is -2.32. The van der Waals surface area contributed by atoms with Crippen LogP contribution in [0.2, 0.25) is 0 Å². The van der Waals surface area contributed by atoms with E-state index in [0.717, 1.165) is 36.1 Å². The van der Waals surface area contributed by atoms with Crippen molar-refractivity contribution in [3.8, 4) is 0 Å². The van der Waals surface area contributed by atoms with Crippen LogP contribution >= 0.6 is 0 Å². The van der Waals surface area contributed by atoms with E-state index in [2.05, 4.69) is 42.6 Å². The van der Waals surface area contributed by atoms with E-state index in [9.17, 15) is 4.79 Å². The van der Waals surface area contributed by atoms with E-state index >= 15 is 0 Å². The fraction of sp³-hybridized carbons (Fsp3) is 0.381. The molecule has 0 amide bonds. The first-order chi connectivity index (χ1) is 11.1. The van der Waals surface area contributed by atoms with E-state index < -0.39 is 0 Å². The Kier molecular flexibility index (Phi) is 6.54. The molecule has 1 atom stereocenters. The molecule has 1 unspecified atom stereocenters. The monoisotopic (exact) mass is 309 g/mol. The predicted molar refractivity (Wildman–Crippen MR) is 97.1 cm³/mol. The summed E-state index contributed by atoms with van der Waals surface area (Å²) >= 11 is 0. The van der Waals surface area contributed by atoms with Gasteiger partial charge in [-0.25, -0.2) is 0 Å². The van der Waals surface area contributed by atoms with Crippen molar-refractivity contribution in [1.29, 1.82) is 0 Å². The maximum Gasteiger partial charge on any atom is 0.164 e. The van der Waals surface area contributed by atoms with E-state index in [1.54, 1.807) is 0 Å². The van der Waals surface area contributed by atoms with Gasteiger partial charge >= 0.3 is 0 Å². The molecule has 0 aliphatic rings. The summed E-state index contributed by atoms with van der Waals surface area (Å²) in [5.74, 6) is 0.230. The second-order valence-corrected chi connectivity index (χ2v) is 6.24. The molecule has 0 aliphatic heterocycles. The molecular weight excluding hydrogens is 282 g/mol. The van der Waals surface area contributed by atoms with Crippen LogP contribution < -0.4 is 5.32 Å². The van der Waals surface area contributed by atoms with Crippen molar-refractivity contribution < 1.29 is 4.79 Å². The SMILES string of the molecule is CCC(Cc1ccccc1)NCCC(=O)c1cc(C)ccc1C. The fourth-order valence-corrected chi connectivity index (χ4v) is 2.82. The normalized spacial score (nSPS) is 12.1. The Hall–Kier alpha value is -1.93. The van der Waals surface area contributed by atoms with Gasteiger partial charge in [0.2, 0.25) is 0 Å². The van der Waals surface area contributed by atoms with Gasteiger partial charge < -0.3 is 5.32 Å². The van der Waals surface area contributed by atoms with Crippen LogP contribution in [0.15, 0.2) is 48.5 Å². The highest BCUT2D eigenvalue weighted by molar-refractivity contribution is 5.97. The summed E-state index contributed by atoms with van der Waals surface area (Å²) in [5, 5.41) is 3.53. The van der Waals surface area contributed by atoms with Crippen molar-refractivity contribution in [2.75, 3.05) is 6.54 Å². The molecule has 0 radical (unpaired) electrons. The van der Waals surface area contributed by atoms with Crippen LogP contribution in [0.1, 0.15) is 46.8 Å². The topological polar surface area (TPSA) is 29.1 Å². The zero-order valence-corrected chi connectivity index (χ0v) is 14.4. The molecule has 2 nitrogen and oxygen atoms in total. The van der Waals surface area contributed by atoms with Crippen LogP contribution in [0.25, 0.3) is 0 Å². The van der Waals surface area contributed by atoms with E-state index in [1.807, 2.05) is 32.0 Å². The molecule has 2 aromatic rings. The molecule has 0 fully saturated rings. The third-order valence-electron chi connectivity index (χ3n) is 4.30. The number of nitrogens with one attached hydrogen (secondary N) is 1. The van der Waals surface area contributed by atoms with Gasteiger partial charge in [-0.05, 0) is 43.9 Å². The number of rotatable bonds is 8. The number of Topliss-reactive ketones (excluding diaryl/α,β-unsaturated/α-hetero) is 1. The number of aryl methyl sites for hydroxylation is 2. The van der Waals surface area contributed by atoms with E-state index in [1.165, 1.54) is 5.56 Å². The second kappa shape index (κ2) is 8.64. The molecule has 0 aromatic heterocycles. The first-order valence-corrected chi connectivity index (χ1v) is 8.48. The quantitative estimate of drug-likeness (QED) is 0.728. The summed E-state index contributed by atoms with van der Waals surface area (Å²) in [4.78, 5) is 12.4. The average Bonchev–Trinajstić information content (AvgIpc) is 2.57. The fourth-order valence-electron chi connectivity index (χ4n) is 2.82.